The van der Waals surface area contributed by atoms with E-state index in [1.165, 1.54) is 14.2 Å². The van der Waals surface area contributed by atoms with Gasteiger partial charge in [0, 0.05) is 11.8 Å². The van der Waals surface area contributed by atoms with Crippen molar-refractivity contribution >= 4 is 18.4 Å². The average Bonchev–Trinajstić information content (AvgIpc) is 3.42. The van der Waals surface area contributed by atoms with Gasteiger partial charge in [-0.1, -0.05) is 0 Å². The lowest BCUT2D eigenvalue weighted by Gasteiger charge is -2.39. The summed E-state index contributed by atoms with van der Waals surface area (Å²) >= 11 is 0. The number of benzene rings is 2. The lowest BCUT2D eigenvalue weighted by Crippen LogP contribution is -2.36. The Hall–Kier alpha value is -2.84. The monoisotopic (exact) mass is 491 g/mol. The Morgan fingerprint density at radius 2 is 1.62 bits per heavy atom. The summed E-state index contributed by atoms with van der Waals surface area (Å²) in [5, 5.41) is 10.5. The van der Waals surface area contributed by atoms with Crippen LogP contribution < -0.4 is 18.9 Å². The van der Waals surface area contributed by atoms with Crippen LogP contribution in [0.1, 0.15) is 34.9 Å². The zero-order valence-corrected chi connectivity index (χ0v) is 20.5. The number of cyclic esters (lactones) is 1. The van der Waals surface area contributed by atoms with Crippen molar-refractivity contribution < 1.29 is 33.6 Å². The number of halogens is 1. The van der Waals surface area contributed by atoms with Gasteiger partial charge in [0.1, 0.15) is 0 Å². The largest absolute Gasteiger partial charge is 0.502 e. The molecule has 8 nitrogen and oxygen atoms in total. The lowest BCUT2D eigenvalue weighted by molar-refractivity contribution is -0.141. The van der Waals surface area contributed by atoms with Gasteiger partial charge in [0.15, 0.2) is 23.0 Å². The maximum Gasteiger partial charge on any atom is 0.310 e. The number of ether oxygens (including phenoxy) is 5. The fourth-order valence-corrected chi connectivity index (χ4v) is 5.54. The molecule has 2 aliphatic heterocycles. The summed E-state index contributed by atoms with van der Waals surface area (Å²) < 4.78 is 27.8. The third kappa shape index (κ3) is 3.88. The smallest absolute Gasteiger partial charge is 0.310 e. The predicted molar refractivity (Wildman–Crippen MR) is 127 cm³/mol. The van der Waals surface area contributed by atoms with Gasteiger partial charge in [-0.25, -0.2) is 0 Å². The number of rotatable bonds is 6. The van der Waals surface area contributed by atoms with Crippen LogP contribution in [0.25, 0.3) is 0 Å². The third-order valence-corrected chi connectivity index (χ3v) is 7.09. The summed E-state index contributed by atoms with van der Waals surface area (Å²) in [7, 11) is 7.09. The molecule has 184 valence electrons. The number of methoxy groups -OCH3 is 2. The molecule has 0 saturated carbocycles. The lowest BCUT2D eigenvalue weighted by atomic mass is 9.62. The van der Waals surface area contributed by atoms with Crippen molar-refractivity contribution in [2.24, 2.45) is 11.8 Å². The fourth-order valence-electron chi connectivity index (χ4n) is 5.54. The van der Waals surface area contributed by atoms with Crippen molar-refractivity contribution in [3.63, 3.8) is 0 Å². The molecule has 34 heavy (non-hydrogen) atoms. The molecule has 9 heteroatoms. The first-order chi connectivity index (χ1) is 15.9. The first-order valence-corrected chi connectivity index (χ1v) is 11.1. The van der Waals surface area contributed by atoms with E-state index in [2.05, 4.69) is 25.1 Å². The number of phenolic OH excluding ortho intramolecular Hbond substituents is 1. The number of esters is 1. The van der Waals surface area contributed by atoms with Crippen LogP contribution >= 0.6 is 12.4 Å². The van der Waals surface area contributed by atoms with E-state index in [0.717, 1.165) is 35.4 Å². The molecule has 1 saturated heterocycles. The Kier molecular flexibility index (Phi) is 6.73. The first kappa shape index (κ1) is 24.3. The van der Waals surface area contributed by atoms with Crippen molar-refractivity contribution in [3.05, 3.63) is 41.0 Å². The van der Waals surface area contributed by atoms with Gasteiger partial charge in [0.05, 0.1) is 26.7 Å². The van der Waals surface area contributed by atoms with Crippen LogP contribution in [0.15, 0.2) is 24.3 Å². The van der Waals surface area contributed by atoms with Crippen molar-refractivity contribution in [2.45, 2.75) is 18.3 Å². The molecule has 0 aromatic heterocycles. The summed E-state index contributed by atoms with van der Waals surface area (Å²) in [6.07, 6.45) is 0.895. The maximum atomic E-state index is 13.1. The van der Waals surface area contributed by atoms with Gasteiger partial charge in [-0.3, -0.25) is 4.79 Å². The van der Waals surface area contributed by atoms with E-state index in [9.17, 15) is 9.90 Å². The van der Waals surface area contributed by atoms with E-state index in [4.69, 9.17) is 23.7 Å². The van der Waals surface area contributed by atoms with Crippen molar-refractivity contribution in [1.29, 1.82) is 0 Å². The van der Waals surface area contributed by atoms with Gasteiger partial charge >= 0.3 is 5.97 Å². The average molecular weight is 492 g/mol. The standard InChI is InChI=1S/C25H29NO7.ClH/c1-26(2)6-5-14-15-9-18-19(33-12-32-18)10-16(15)22(23-17(14)11-31-25(23)28)13-7-20(29-3)24(27)21(8-13)30-4;/h7-10,14,17,22-23,27H,5-6,11-12H2,1-4H3;1H/t14-,17?,22-,23+;/m1./s1. The highest BCUT2D eigenvalue weighted by molar-refractivity contribution is 5.85. The van der Waals surface area contributed by atoms with Crippen LogP contribution in [-0.2, 0) is 9.53 Å². The van der Waals surface area contributed by atoms with Gasteiger partial charge in [0.2, 0.25) is 12.5 Å². The second kappa shape index (κ2) is 9.43. The van der Waals surface area contributed by atoms with Crippen LogP contribution in [0.3, 0.4) is 0 Å². The van der Waals surface area contributed by atoms with Crippen LogP contribution in [-0.4, -0.2) is 64.2 Å². The molecular formula is C25H30ClNO7. The number of fused-ring (bicyclic) bond motifs is 3. The molecule has 4 atom stereocenters. The molecule has 3 aliphatic rings. The maximum absolute atomic E-state index is 13.1. The van der Waals surface area contributed by atoms with Crippen molar-refractivity contribution in [2.75, 3.05) is 48.3 Å². The molecule has 0 bridgehead atoms. The summed E-state index contributed by atoms with van der Waals surface area (Å²) in [6, 6.07) is 7.62. The molecule has 0 spiro atoms. The molecular weight excluding hydrogens is 462 g/mol. The quantitative estimate of drug-likeness (QED) is 0.614. The zero-order valence-electron chi connectivity index (χ0n) is 19.7. The number of hydrogen-bond donors (Lipinski definition) is 1. The van der Waals surface area contributed by atoms with Gasteiger partial charge in [0.25, 0.3) is 0 Å². The van der Waals surface area contributed by atoms with Crippen molar-refractivity contribution in [1.82, 2.24) is 4.90 Å². The van der Waals surface area contributed by atoms with E-state index >= 15 is 0 Å². The van der Waals surface area contributed by atoms with E-state index in [1.807, 2.05) is 6.07 Å². The van der Waals surface area contributed by atoms with E-state index in [-0.39, 0.29) is 54.6 Å². The molecule has 1 unspecified atom stereocenters. The minimum Gasteiger partial charge on any atom is -0.502 e. The number of carbonyl (C=O) groups is 1. The number of aromatic hydroxyl groups is 1. The minimum absolute atomic E-state index is 0. The normalized spacial score (nSPS) is 24.2. The van der Waals surface area contributed by atoms with E-state index in [0.29, 0.717) is 23.9 Å². The Morgan fingerprint density at radius 3 is 2.21 bits per heavy atom. The SMILES string of the molecule is COc1cc([C@@H]2c3cc4c(cc3[C@@H](CCN(C)C)C3COC(=O)[C@@H]32)OCO4)cc(OC)c1O.Cl. The Bertz CT molecular complexity index is 1060. The molecule has 2 heterocycles. The number of hydrogen-bond acceptors (Lipinski definition) is 8. The van der Waals surface area contributed by atoms with Gasteiger partial charge in [-0.15, -0.1) is 12.4 Å². The summed E-state index contributed by atoms with van der Waals surface area (Å²) in [6.45, 7) is 1.46. The fraction of sp³-hybridized carbons (Fsp3) is 0.480. The third-order valence-electron chi connectivity index (χ3n) is 7.09. The zero-order chi connectivity index (χ0) is 23.3. The van der Waals surface area contributed by atoms with Gasteiger partial charge in [-0.05, 0) is 73.9 Å². The molecule has 1 fully saturated rings. The van der Waals surface area contributed by atoms with Gasteiger partial charge in [-0.2, -0.15) is 0 Å². The Balaban J connectivity index is 0.00000274. The topological polar surface area (TPSA) is 86.7 Å². The Morgan fingerprint density at radius 1 is 1.00 bits per heavy atom. The predicted octanol–water partition coefficient (Wildman–Crippen LogP) is 3.53. The number of carbonyl (C=O) groups excluding carboxylic acids is 1. The molecule has 1 N–H and O–H groups in total. The van der Waals surface area contributed by atoms with Crippen molar-refractivity contribution in [3.8, 4) is 28.7 Å². The highest BCUT2D eigenvalue weighted by Gasteiger charge is 2.52. The molecule has 5 rings (SSSR count). The second-order valence-corrected chi connectivity index (χ2v) is 9.10. The molecule has 0 radical (unpaired) electrons. The van der Waals surface area contributed by atoms with Crippen LogP contribution in [0, 0.1) is 11.8 Å². The molecule has 0 amide bonds. The summed E-state index contributed by atoms with van der Waals surface area (Å²) in [5.74, 6) is 1.24. The highest BCUT2D eigenvalue weighted by Crippen LogP contribution is 2.56. The van der Waals surface area contributed by atoms with Gasteiger partial charge < -0.3 is 33.7 Å². The number of phenols is 1. The van der Waals surface area contributed by atoms with E-state index < -0.39 is 0 Å². The van der Waals surface area contributed by atoms with Crippen LogP contribution in [0.5, 0.6) is 28.7 Å². The molecule has 2 aromatic carbocycles. The van der Waals surface area contributed by atoms with Crippen LogP contribution in [0.4, 0.5) is 0 Å². The minimum atomic E-state index is -0.357. The second-order valence-electron chi connectivity index (χ2n) is 9.10. The Labute approximate surface area is 205 Å². The number of nitrogens with zero attached hydrogens (tertiary/aromatic N) is 1. The first-order valence-electron chi connectivity index (χ1n) is 11.1. The summed E-state index contributed by atoms with van der Waals surface area (Å²) in [5.41, 5.74) is 2.98. The molecule has 2 aromatic rings. The highest BCUT2D eigenvalue weighted by atomic mass is 35.5. The summed E-state index contributed by atoms with van der Waals surface area (Å²) in [4.78, 5) is 15.2. The molecule has 1 aliphatic carbocycles. The van der Waals surface area contributed by atoms with Crippen LogP contribution in [0.2, 0.25) is 0 Å². The van der Waals surface area contributed by atoms with E-state index in [1.54, 1.807) is 12.1 Å².